The van der Waals surface area contributed by atoms with Crippen LogP contribution in [0.1, 0.15) is 27.1 Å². The van der Waals surface area contributed by atoms with Gasteiger partial charge in [-0.25, -0.2) is 4.79 Å². The summed E-state index contributed by atoms with van der Waals surface area (Å²) in [4.78, 5) is 50.2. The van der Waals surface area contributed by atoms with Crippen LogP contribution in [0.2, 0.25) is 0 Å². The van der Waals surface area contributed by atoms with E-state index >= 15 is 0 Å². The number of ether oxygens (including phenoxy) is 2. The fourth-order valence-corrected chi connectivity index (χ4v) is 4.48. The molecule has 0 spiro atoms. The lowest BCUT2D eigenvalue weighted by atomic mass is 10.1. The average molecular weight is 491 g/mol. The highest BCUT2D eigenvalue weighted by molar-refractivity contribution is 8.01. The third kappa shape index (κ3) is 6.07. The number of anilines is 2. The van der Waals surface area contributed by atoms with E-state index in [1.54, 1.807) is 36.4 Å². The lowest BCUT2D eigenvalue weighted by molar-refractivity contribution is -0.120. The summed E-state index contributed by atoms with van der Waals surface area (Å²) in [6.45, 7) is -0.395. The van der Waals surface area contributed by atoms with E-state index in [1.165, 1.54) is 31.0 Å². The molecule has 0 aliphatic carbocycles. The van der Waals surface area contributed by atoms with Crippen LogP contribution in [0, 0.1) is 0 Å². The summed E-state index contributed by atoms with van der Waals surface area (Å²) >= 11 is 1.35. The Bertz CT molecular complexity index is 1260. The minimum Gasteiger partial charge on any atom is -0.497 e. The molecule has 3 aromatic rings. The molecule has 0 bridgehead atoms. The molecule has 8 nitrogen and oxygen atoms in total. The van der Waals surface area contributed by atoms with Gasteiger partial charge in [0.05, 0.1) is 23.6 Å². The highest BCUT2D eigenvalue weighted by Gasteiger charge is 2.28. The fraction of sp³-hybridized carbons (Fsp3) is 0.154. The van der Waals surface area contributed by atoms with E-state index < -0.39 is 17.8 Å². The van der Waals surface area contributed by atoms with Crippen molar-refractivity contribution in [3.8, 4) is 5.75 Å². The maximum Gasteiger partial charge on any atom is 0.338 e. The Morgan fingerprint density at radius 1 is 0.943 bits per heavy atom. The number of hydrogen-bond acceptors (Lipinski definition) is 7. The number of carbonyl (C=O) groups excluding carboxylic acids is 4. The van der Waals surface area contributed by atoms with Gasteiger partial charge in [-0.2, -0.15) is 0 Å². The van der Waals surface area contributed by atoms with Crippen molar-refractivity contribution in [1.82, 2.24) is 0 Å². The number of Topliss-reactive ketones (excluding diaryl/α,β-unsaturated/α-hetero) is 1. The molecule has 1 atom stereocenters. The molecular formula is C26H22N2O6S. The van der Waals surface area contributed by atoms with Gasteiger partial charge in [0.15, 0.2) is 12.4 Å². The second-order valence-corrected chi connectivity index (χ2v) is 8.89. The van der Waals surface area contributed by atoms with Crippen molar-refractivity contribution in [2.45, 2.75) is 16.6 Å². The predicted octanol–water partition coefficient (Wildman–Crippen LogP) is 4.18. The number of amides is 2. The van der Waals surface area contributed by atoms with Crippen LogP contribution in [0.5, 0.6) is 5.75 Å². The summed E-state index contributed by atoms with van der Waals surface area (Å²) in [7, 11) is 1.53. The summed E-state index contributed by atoms with van der Waals surface area (Å²) in [5.74, 6) is -0.906. The number of carbonyl (C=O) groups is 4. The SMILES string of the molecule is COc1ccc(C(=O)COC(=O)c2ccc(NC(=O)CC3Sc4ccccc4NC3=O)cc2)cc1. The Hall–Kier alpha value is -4.11. The number of methoxy groups -OCH3 is 1. The Labute approximate surface area is 206 Å². The molecule has 4 rings (SSSR count). The third-order valence-corrected chi connectivity index (χ3v) is 6.50. The van der Waals surface area contributed by atoms with Crippen molar-refractivity contribution < 1.29 is 28.7 Å². The molecule has 1 aliphatic heterocycles. The molecule has 1 heterocycles. The molecule has 0 saturated heterocycles. The average Bonchev–Trinajstić information content (AvgIpc) is 2.88. The van der Waals surface area contributed by atoms with E-state index in [-0.39, 0.29) is 29.6 Å². The molecule has 0 fully saturated rings. The molecule has 0 saturated carbocycles. The van der Waals surface area contributed by atoms with E-state index in [0.717, 1.165) is 10.6 Å². The monoisotopic (exact) mass is 490 g/mol. The molecule has 2 amide bonds. The number of fused-ring (bicyclic) bond motifs is 1. The lowest BCUT2D eigenvalue weighted by Gasteiger charge is -2.23. The van der Waals surface area contributed by atoms with Gasteiger partial charge < -0.3 is 20.1 Å². The highest BCUT2D eigenvalue weighted by atomic mass is 32.2. The predicted molar refractivity (Wildman–Crippen MR) is 132 cm³/mol. The van der Waals surface area contributed by atoms with Crippen molar-refractivity contribution in [3.63, 3.8) is 0 Å². The van der Waals surface area contributed by atoms with Crippen LogP contribution < -0.4 is 15.4 Å². The van der Waals surface area contributed by atoms with Gasteiger partial charge in [0.25, 0.3) is 0 Å². The second-order valence-electron chi connectivity index (χ2n) is 7.65. The Balaban J connectivity index is 1.27. The topological polar surface area (TPSA) is 111 Å². The van der Waals surface area contributed by atoms with Crippen molar-refractivity contribution in [1.29, 1.82) is 0 Å². The van der Waals surface area contributed by atoms with E-state index in [9.17, 15) is 19.2 Å². The van der Waals surface area contributed by atoms with E-state index in [4.69, 9.17) is 9.47 Å². The van der Waals surface area contributed by atoms with Gasteiger partial charge in [-0.15, -0.1) is 11.8 Å². The van der Waals surface area contributed by atoms with Gasteiger partial charge in [-0.3, -0.25) is 14.4 Å². The van der Waals surface area contributed by atoms with Crippen molar-refractivity contribution in [2.24, 2.45) is 0 Å². The maximum atomic E-state index is 12.5. The first-order valence-electron chi connectivity index (χ1n) is 10.7. The van der Waals surface area contributed by atoms with Gasteiger partial charge in [-0.1, -0.05) is 12.1 Å². The standard InChI is InChI=1S/C26H22N2O6S/c1-33-19-12-8-16(9-13-19)21(29)15-34-26(32)17-6-10-18(11-7-17)27-24(30)14-23-25(31)28-20-4-2-3-5-22(20)35-23/h2-13,23H,14-15H2,1H3,(H,27,30)(H,28,31). The highest BCUT2D eigenvalue weighted by Crippen LogP contribution is 2.36. The number of rotatable bonds is 8. The summed E-state index contributed by atoms with van der Waals surface area (Å²) in [6.07, 6.45) is 0.00208. The molecule has 2 N–H and O–H groups in total. The van der Waals surface area contributed by atoms with Gasteiger partial charge >= 0.3 is 5.97 Å². The van der Waals surface area contributed by atoms with Crippen molar-refractivity contribution >= 4 is 46.7 Å². The summed E-state index contributed by atoms with van der Waals surface area (Å²) < 4.78 is 10.2. The zero-order chi connectivity index (χ0) is 24.8. The zero-order valence-electron chi connectivity index (χ0n) is 18.8. The Morgan fingerprint density at radius 2 is 1.63 bits per heavy atom. The Kier molecular flexibility index (Phi) is 7.47. The van der Waals surface area contributed by atoms with Gasteiger partial charge in [0, 0.05) is 22.6 Å². The normalized spacial score (nSPS) is 14.3. The largest absolute Gasteiger partial charge is 0.497 e. The third-order valence-electron chi connectivity index (χ3n) is 5.23. The number of nitrogens with one attached hydrogen (secondary N) is 2. The first-order chi connectivity index (χ1) is 16.9. The van der Waals surface area contributed by atoms with Gasteiger partial charge in [-0.05, 0) is 60.7 Å². The minimum absolute atomic E-state index is 0.00208. The summed E-state index contributed by atoms with van der Waals surface area (Å²) in [6, 6.07) is 20.0. The number of thioether (sulfide) groups is 1. The molecule has 178 valence electrons. The molecule has 3 aromatic carbocycles. The first kappa shape index (κ1) is 24.0. The molecule has 0 radical (unpaired) electrons. The fourth-order valence-electron chi connectivity index (χ4n) is 3.37. The smallest absolute Gasteiger partial charge is 0.338 e. The molecule has 1 unspecified atom stereocenters. The molecule has 1 aliphatic rings. The second kappa shape index (κ2) is 10.9. The van der Waals surface area contributed by atoms with Crippen LogP contribution in [0.4, 0.5) is 11.4 Å². The first-order valence-corrected chi connectivity index (χ1v) is 11.6. The summed E-state index contributed by atoms with van der Waals surface area (Å²) in [5.41, 5.74) is 1.86. The molecular weight excluding hydrogens is 468 g/mol. The quantitative estimate of drug-likeness (QED) is 0.360. The number of benzene rings is 3. The van der Waals surface area contributed by atoms with Crippen LogP contribution in [0.15, 0.2) is 77.7 Å². The number of ketones is 1. The lowest BCUT2D eigenvalue weighted by Crippen LogP contribution is -2.32. The molecule has 0 aromatic heterocycles. The van der Waals surface area contributed by atoms with Crippen LogP contribution in [0.3, 0.4) is 0 Å². The molecule has 9 heteroatoms. The van der Waals surface area contributed by atoms with Crippen LogP contribution in [0.25, 0.3) is 0 Å². The summed E-state index contributed by atoms with van der Waals surface area (Å²) in [5, 5.41) is 5.01. The van der Waals surface area contributed by atoms with E-state index in [2.05, 4.69) is 10.6 Å². The van der Waals surface area contributed by atoms with E-state index in [1.807, 2.05) is 24.3 Å². The number of esters is 1. The molecule has 35 heavy (non-hydrogen) atoms. The maximum absolute atomic E-state index is 12.5. The van der Waals surface area contributed by atoms with Crippen molar-refractivity contribution in [3.05, 3.63) is 83.9 Å². The Morgan fingerprint density at radius 3 is 2.34 bits per heavy atom. The van der Waals surface area contributed by atoms with Crippen LogP contribution >= 0.6 is 11.8 Å². The zero-order valence-corrected chi connectivity index (χ0v) is 19.6. The van der Waals surface area contributed by atoms with E-state index in [0.29, 0.717) is 17.0 Å². The number of para-hydroxylation sites is 1. The minimum atomic E-state index is -0.654. The van der Waals surface area contributed by atoms with Gasteiger partial charge in [0.1, 0.15) is 5.75 Å². The van der Waals surface area contributed by atoms with Gasteiger partial charge in [0.2, 0.25) is 11.8 Å². The van der Waals surface area contributed by atoms with Crippen LogP contribution in [-0.4, -0.2) is 42.5 Å². The van der Waals surface area contributed by atoms with Crippen molar-refractivity contribution in [2.75, 3.05) is 24.4 Å². The van der Waals surface area contributed by atoms with Crippen LogP contribution in [-0.2, 0) is 14.3 Å². The number of hydrogen-bond donors (Lipinski definition) is 2.